The minimum Gasteiger partial charge on any atom is -0.354 e. The van der Waals surface area contributed by atoms with Crippen LogP contribution in [0.25, 0.3) is 0 Å². The second kappa shape index (κ2) is 4.82. The molecule has 4 nitrogen and oxygen atoms in total. The van der Waals surface area contributed by atoms with Crippen LogP contribution in [0.15, 0.2) is 0 Å². The summed E-state index contributed by atoms with van der Waals surface area (Å²) in [6.07, 6.45) is 5.45. The maximum absolute atomic E-state index is 12.2. The second-order valence-corrected chi connectivity index (χ2v) is 6.32. The number of hydrogen-bond acceptors (Lipinski definition) is 3. The predicted molar refractivity (Wildman–Crippen MR) is 71.3 cm³/mol. The summed E-state index contributed by atoms with van der Waals surface area (Å²) in [5, 5.41) is 6.53. The zero-order valence-corrected chi connectivity index (χ0v) is 11.4. The Labute approximate surface area is 109 Å². The molecule has 0 aromatic rings. The van der Waals surface area contributed by atoms with Crippen molar-refractivity contribution in [2.24, 2.45) is 11.3 Å². The van der Waals surface area contributed by atoms with E-state index in [0.717, 1.165) is 38.6 Å². The van der Waals surface area contributed by atoms with Crippen LogP contribution in [0, 0.1) is 11.3 Å². The average molecular weight is 251 g/mol. The van der Waals surface area contributed by atoms with Gasteiger partial charge in [-0.2, -0.15) is 0 Å². The van der Waals surface area contributed by atoms with Crippen LogP contribution in [0.3, 0.4) is 0 Å². The first-order valence-corrected chi connectivity index (χ1v) is 7.44. The number of nitrogens with zero attached hydrogens (tertiary/aromatic N) is 1. The monoisotopic (exact) mass is 251 g/mol. The third-order valence-electron chi connectivity index (χ3n) is 5.03. The summed E-state index contributed by atoms with van der Waals surface area (Å²) in [5.41, 5.74) is 0.513. The Hall–Kier alpha value is -0.610. The SMILES string of the molecule is CC(C(=O)NCC1(C2CC2)CC1)N1CCNCC1. The molecule has 1 saturated heterocycles. The molecule has 2 saturated carbocycles. The smallest absolute Gasteiger partial charge is 0.237 e. The number of hydrogen-bond donors (Lipinski definition) is 2. The molecule has 1 heterocycles. The summed E-state index contributed by atoms with van der Waals surface area (Å²) in [4.78, 5) is 14.5. The van der Waals surface area contributed by atoms with Gasteiger partial charge in [-0.05, 0) is 43.9 Å². The molecule has 0 spiro atoms. The van der Waals surface area contributed by atoms with Gasteiger partial charge >= 0.3 is 0 Å². The molecule has 1 amide bonds. The molecule has 3 rings (SSSR count). The lowest BCUT2D eigenvalue weighted by atomic mass is 10.0. The molecular formula is C14H25N3O. The van der Waals surface area contributed by atoms with Crippen LogP contribution < -0.4 is 10.6 Å². The third kappa shape index (κ3) is 2.54. The summed E-state index contributed by atoms with van der Waals surface area (Å²) in [5.74, 6) is 1.15. The quantitative estimate of drug-likeness (QED) is 0.751. The molecule has 0 aromatic heterocycles. The number of carbonyl (C=O) groups is 1. The van der Waals surface area contributed by atoms with Crippen LogP contribution in [0.1, 0.15) is 32.6 Å². The zero-order valence-electron chi connectivity index (χ0n) is 11.4. The zero-order chi connectivity index (χ0) is 12.6. The van der Waals surface area contributed by atoms with Gasteiger partial charge in [-0.25, -0.2) is 0 Å². The molecule has 1 unspecified atom stereocenters. The van der Waals surface area contributed by atoms with E-state index >= 15 is 0 Å². The maximum atomic E-state index is 12.2. The molecule has 0 radical (unpaired) electrons. The van der Waals surface area contributed by atoms with Crippen LogP contribution in [-0.2, 0) is 4.79 Å². The molecule has 3 aliphatic rings. The summed E-state index contributed by atoms with van der Waals surface area (Å²) >= 11 is 0. The largest absolute Gasteiger partial charge is 0.354 e. The van der Waals surface area contributed by atoms with Crippen molar-refractivity contribution in [3.8, 4) is 0 Å². The van der Waals surface area contributed by atoms with E-state index in [1.807, 2.05) is 6.92 Å². The standard InChI is InChI=1S/C14H25N3O/c1-11(17-8-6-15-7-9-17)13(18)16-10-14(4-5-14)12-2-3-12/h11-12,15H,2-10H2,1H3,(H,16,18). The highest BCUT2D eigenvalue weighted by molar-refractivity contribution is 5.81. The van der Waals surface area contributed by atoms with E-state index < -0.39 is 0 Å². The summed E-state index contributed by atoms with van der Waals surface area (Å²) in [6, 6.07) is 0.0297. The van der Waals surface area contributed by atoms with Gasteiger partial charge in [0.15, 0.2) is 0 Å². The fraction of sp³-hybridized carbons (Fsp3) is 0.929. The molecule has 0 bridgehead atoms. The molecule has 2 aliphatic carbocycles. The Morgan fingerprint density at radius 2 is 2.06 bits per heavy atom. The van der Waals surface area contributed by atoms with E-state index in [0.29, 0.717) is 5.41 Å². The van der Waals surface area contributed by atoms with Crippen molar-refractivity contribution in [3.05, 3.63) is 0 Å². The Kier molecular flexibility index (Phi) is 3.32. The van der Waals surface area contributed by atoms with Gasteiger partial charge < -0.3 is 10.6 Å². The molecule has 2 N–H and O–H groups in total. The van der Waals surface area contributed by atoms with Crippen LogP contribution in [0.4, 0.5) is 0 Å². The van der Waals surface area contributed by atoms with Crippen molar-refractivity contribution < 1.29 is 4.79 Å². The van der Waals surface area contributed by atoms with Gasteiger partial charge in [-0.3, -0.25) is 9.69 Å². The van der Waals surface area contributed by atoms with Crippen molar-refractivity contribution in [2.75, 3.05) is 32.7 Å². The first-order chi connectivity index (χ1) is 8.71. The molecule has 0 aromatic carbocycles. The first kappa shape index (κ1) is 12.4. The Balaban J connectivity index is 1.45. The number of nitrogens with one attached hydrogen (secondary N) is 2. The molecule has 18 heavy (non-hydrogen) atoms. The van der Waals surface area contributed by atoms with E-state index in [-0.39, 0.29) is 11.9 Å². The van der Waals surface area contributed by atoms with Crippen molar-refractivity contribution >= 4 is 5.91 Å². The highest BCUT2D eigenvalue weighted by Gasteiger charge is 2.53. The molecular weight excluding hydrogens is 226 g/mol. The minimum atomic E-state index is 0.0297. The Morgan fingerprint density at radius 1 is 1.39 bits per heavy atom. The molecule has 3 fully saturated rings. The summed E-state index contributed by atoms with van der Waals surface area (Å²) in [7, 11) is 0. The normalized spacial score (nSPS) is 28.7. The van der Waals surface area contributed by atoms with Crippen LogP contribution in [-0.4, -0.2) is 49.6 Å². The predicted octanol–water partition coefficient (Wildman–Crippen LogP) is 0.587. The molecule has 102 valence electrons. The maximum Gasteiger partial charge on any atom is 0.237 e. The average Bonchev–Trinajstić information content (AvgIpc) is 3.28. The van der Waals surface area contributed by atoms with E-state index in [1.165, 1.54) is 25.7 Å². The van der Waals surface area contributed by atoms with Crippen LogP contribution >= 0.6 is 0 Å². The topological polar surface area (TPSA) is 44.4 Å². The lowest BCUT2D eigenvalue weighted by Gasteiger charge is -2.32. The third-order valence-corrected chi connectivity index (χ3v) is 5.03. The van der Waals surface area contributed by atoms with Gasteiger partial charge in [0.05, 0.1) is 6.04 Å². The van der Waals surface area contributed by atoms with Gasteiger partial charge in [-0.15, -0.1) is 0 Å². The van der Waals surface area contributed by atoms with Gasteiger partial charge in [0, 0.05) is 32.7 Å². The van der Waals surface area contributed by atoms with Crippen LogP contribution in [0.5, 0.6) is 0 Å². The van der Waals surface area contributed by atoms with E-state index in [2.05, 4.69) is 15.5 Å². The number of amides is 1. The Bertz CT molecular complexity index is 317. The second-order valence-electron chi connectivity index (χ2n) is 6.32. The lowest BCUT2D eigenvalue weighted by Crippen LogP contribution is -2.53. The van der Waals surface area contributed by atoms with Gasteiger partial charge in [-0.1, -0.05) is 0 Å². The van der Waals surface area contributed by atoms with Gasteiger partial charge in [0.25, 0.3) is 0 Å². The van der Waals surface area contributed by atoms with Crippen molar-refractivity contribution in [1.29, 1.82) is 0 Å². The number of piperazine rings is 1. The van der Waals surface area contributed by atoms with Gasteiger partial charge in [0.1, 0.15) is 0 Å². The fourth-order valence-electron chi connectivity index (χ4n) is 3.23. The minimum absolute atomic E-state index is 0.0297. The summed E-state index contributed by atoms with van der Waals surface area (Å²) in [6.45, 7) is 6.95. The number of carbonyl (C=O) groups excluding carboxylic acids is 1. The fourth-order valence-corrected chi connectivity index (χ4v) is 3.23. The lowest BCUT2D eigenvalue weighted by molar-refractivity contribution is -0.126. The Morgan fingerprint density at radius 3 is 2.61 bits per heavy atom. The number of rotatable bonds is 5. The van der Waals surface area contributed by atoms with Crippen molar-refractivity contribution in [2.45, 2.75) is 38.6 Å². The summed E-state index contributed by atoms with van der Waals surface area (Å²) < 4.78 is 0. The molecule has 1 aliphatic heterocycles. The molecule has 4 heteroatoms. The van der Waals surface area contributed by atoms with Gasteiger partial charge in [0.2, 0.25) is 5.91 Å². The van der Waals surface area contributed by atoms with Crippen LogP contribution in [0.2, 0.25) is 0 Å². The van der Waals surface area contributed by atoms with Crippen molar-refractivity contribution in [3.63, 3.8) is 0 Å². The van der Waals surface area contributed by atoms with E-state index in [4.69, 9.17) is 0 Å². The molecule has 1 atom stereocenters. The highest BCUT2D eigenvalue weighted by atomic mass is 16.2. The van der Waals surface area contributed by atoms with E-state index in [9.17, 15) is 4.79 Å². The van der Waals surface area contributed by atoms with E-state index in [1.54, 1.807) is 0 Å². The first-order valence-electron chi connectivity index (χ1n) is 7.44. The highest BCUT2D eigenvalue weighted by Crippen LogP contribution is 2.60. The van der Waals surface area contributed by atoms with Crippen molar-refractivity contribution in [1.82, 2.24) is 15.5 Å².